The second-order valence-electron chi connectivity index (χ2n) is 6.77. The first-order valence-electron chi connectivity index (χ1n) is 9.28. The van der Waals surface area contributed by atoms with Crippen molar-refractivity contribution in [1.82, 2.24) is 14.9 Å². The van der Waals surface area contributed by atoms with Gasteiger partial charge in [0, 0.05) is 17.6 Å². The van der Waals surface area contributed by atoms with Gasteiger partial charge in [-0.15, -0.1) is 0 Å². The highest BCUT2D eigenvalue weighted by Crippen LogP contribution is 2.23. The number of hydrogen-bond acceptors (Lipinski definition) is 5. The van der Waals surface area contributed by atoms with Crippen LogP contribution in [0.1, 0.15) is 11.1 Å². The molecular weight excluding hydrogens is 474 g/mol. The van der Waals surface area contributed by atoms with E-state index in [2.05, 4.69) is 26.6 Å². The molecule has 0 radical (unpaired) electrons. The number of sulfonamides is 1. The molecule has 0 bridgehead atoms. The topological polar surface area (TPSA) is 105 Å². The molecule has 0 spiro atoms. The Labute approximate surface area is 183 Å². The molecule has 2 aromatic carbocycles. The minimum atomic E-state index is -3.79. The van der Waals surface area contributed by atoms with Crippen molar-refractivity contribution >= 4 is 37.8 Å². The van der Waals surface area contributed by atoms with E-state index in [1.807, 2.05) is 31.2 Å². The van der Waals surface area contributed by atoms with Crippen molar-refractivity contribution in [1.29, 1.82) is 0 Å². The summed E-state index contributed by atoms with van der Waals surface area (Å²) < 4.78 is 33.1. The van der Waals surface area contributed by atoms with Crippen LogP contribution in [0.5, 0.6) is 0 Å². The number of aryl methyl sites for hydroxylation is 1. The summed E-state index contributed by atoms with van der Waals surface area (Å²) in [6.45, 7) is 2.42. The van der Waals surface area contributed by atoms with E-state index < -0.39 is 28.1 Å². The van der Waals surface area contributed by atoms with E-state index in [0.717, 1.165) is 15.6 Å². The zero-order chi connectivity index (χ0) is 21.7. The van der Waals surface area contributed by atoms with Crippen molar-refractivity contribution in [3.8, 4) is 0 Å². The highest BCUT2D eigenvalue weighted by Gasteiger charge is 2.36. The Bertz CT molecular complexity index is 1010. The number of ether oxygens (including phenoxy) is 1. The highest BCUT2D eigenvalue weighted by molar-refractivity contribution is 9.10. The molecule has 0 unspecified atom stereocenters. The monoisotopic (exact) mass is 495 g/mol. The van der Waals surface area contributed by atoms with Gasteiger partial charge in [0.15, 0.2) is 0 Å². The van der Waals surface area contributed by atoms with Gasteiger partial charge in [-0.2, -0.15) is 4.31 Å². The fourth-order valence-corrected chi connectivity index (χ4v) is 4.69. The van der Waals surface area contributed by atoms with Crippen molar-refractivity contribution in [2.45, 2.75) is 24.6 Å². The van der Waals surface area contributed by atoms with Crippen LogP contribution < -0.4 is 10.6 Å². The van der Waals surface area contributed by atoms with Crippen LogP contribution in [0.15, 0.2) is 57.9 Å². The molecule has 160 valence electrons. The average molecular weight is 496 g/mol. The summed E-state index contributed by atoms with van der Waals surface area (Å²) in [6, 6.07) is 13.8. The molecule has 8 nitrogen and oxygen atoms in total. The zero-order valence-corrected chi connectivity index (χ0v) is 18.7. The molecule has 30 heavy (non-hydrogen) atoms. The van der Waals surface area contributed by atoms with Gasteiger partial charge in [-0.05, 0) is 36.8 Å². The van der Waals surface area contributed by atoms with Gasteiger partial charge in [-0.25, -0.2) is 8.42 Å². The maximum absolute atomic E-state index is 12.9. The van der Waals surface area contributed by atoms with Crippen LogP contribution in [-0.4, -0.2) is 50.5 Å². The number of hydrogen-bond donors (Lipinski definition) is 2. The molecule has 1 heterocycles. The minimum absolute atomic E-state index is 0.128. The van der Waals surface area contributed by atoms with E-state index in [-0.39, 0.29) is 31.1 Å². The maximum atomic E-state index is 12.9. The average Bonchev–Trinajstić information content (AvgIpc) is 3.21. The molecule has 0 aromatic heterocycles. The second-order valence-corrected chi connectivity index (χ2v) is 9.58. The summed E-state index contributed by atoms with van der Waals surface area (Å²) >= 11 is 3.27. The number of nitrogens with zero attached hydrogens (tertiary/aromatic N) is 1. The fourth-order valence-electron chi connectivity index (χ4n) is 2.91. The normalized spacial score (nSPS) is 16.9. The van der Waals surface area contributed by atoms with Gasteiger partial charge in [0.2, 0.25) is 10.0 Å². The Morgan fingerprint density at radius 1 is 1.07 bits per heavy atom. The molecule has 10 heteroatoms. The summed E-state index contributed by atoms with van der Waals surface area (Å²) in [5.74, 6) is -1.64. The third-order valence-electron chi connectivity index (χ3n) is 4.58. The molecule has 1 aliphatic heterocycles. The Morgan fingerprint density at radius 2 is 1.70 bits per heavy atom. The van der Waals surface area contributed by atoms with E-state index in [1.54, 1.807) is 12.1 Å². The van der Waals surface area contributed by atoms with Crippen LogP contribution in [0.3, 0.4) is 0 Å². The Kier molecular flexibility index (Phi) is 7.24. The lowest BCUT2D eigenvalue weighted by molar-refractivity contribution is -0.139. The summed E-state index contributed by atoms with van der Waals surface area (Å²) in [5, 5.41) is 4.98. The number of carbonyl (C=O) groups is 2. The van der Waals surface area contributed by atoms with Gasteiger partial charge in [-0.3, -0.25) is 9.59 Å². The van der Waals surface area contributed by atoms with Gasteiger partial charge in [0.1, 0.15) is 6.23 Å². The van der Waals surface area contributed by atoms with E-state index >= 15 is 0 Å². The van der Waals surface area contributed by atoms with Crippen molar-refractivity contribution in [2.24, 2.45) is 0 Å². The van der Waals surface area contributed by atoms with Crippen molar-refractivity contribution in [3.05, 3.63) is 64.1 Å². The van der Waals surface area contributed by atoms with Gasteiger partial charge in [0.05, 0.1) is 18.0 Å². The first-order chi connectivity index (χ1) is 14.3. The van der Waals surface area contributed by atoms with Crippen LogP contribution in [0.25, 0.3) is 0 Å². The lowest BCUT2D eigenvalue weighted by Crippen LogP contribution is -2.47. The number of nitrogens with one attached hydrogen (secondary N) is 2. The summed E-state index contributed by atoms with van der Waals surface area (Å²) in [5.41, 5.74) is 1.97. The zero-order valence-electron chi connectivity index (χ0n) is 16.3. The molecule has 0 saturated carbocycles. The molecule has 2 amide bonds. The number of rotatable bonds is 6. The van der Waals surface area contributed by atoms with Crippen LogP contribution in [-0.2, 0) is 30.9 Å². The molecule has 1 saturated heterocycles. The number of amides is 2. The molecule has 1 atom stereocenters. The lowest BCUT2D eigenvalue weighted by atomic mass is 10.1. The molecule has 0 aliphatic carbocycles. The van der Waals surface area contributed by atoms with E-state index in [1.165, 1.54) is 16.4 Å². The first kappa shape index (κ1) is 22.4. The number of benzene rings is 2. The first-order valence-corrected chi connectivity index (χ1v) is 11.5. The van der Waals surface area contributed by atoms with Crippen molar-refractivity contribution in [2.75, 3.05) is 19.7 Å². The van der Waals surface area contributed by atoms with Gasteiger partial charge < -0.3 is 15.4 Å². The third kappa shape index (κ3) is 5.45. The second kappa shape index (κ2) is 9.69. The summed E-state index contributed by atoms with van der Waals surface area (Å²) in [6.07, 6.45) is -0.882. The van der Waals surface area contributed by atoms with Crippen LogP contribution in [0.4, 0.5) is 0 Å². The quantitative estimate of drug-likeness (QED) is 0.591. The maximum Gasteiger partial charge on any atom is 0.309 e. The minimum Gasteiger partial charge on any atom is -0.359 e. The molecule has 2 N–H and O–H groups in total. The van der Waals surface area contributed by atoms with Crippen LogP contribution >= 0.6 is 15.9 Å². The Balaban J connectivity index is 1.54. The van der Waals surface area contributed by atoms with Gasteiger partial charge in [-0.1, -0.05) is 45.8 Å². The highest BCUT2D eigenvalue weighted by atomic mass is 79.9. The largest absolute Gasteiger partial charge is 0.359 e. The third-order valence-corrected chi connectivity index (χ3v) is 7.01. The fraction of sp³-hybridized carbons (Fsp3) is 0.300. The number of carbonyl (C=O) groups excluding carboxylic acids is 2. The Morgan fingerprint density at radius 3 is 2.37 bits per heavy atom. The predicted molar refractivity (Wildman–Crippen MR) is 114 cm³/mol. The van der Waals surface area contributed by atoms with Gasteiger partial charge in [0.25, 0.3) is 0 Å². The molecule has 1 aliphatic rings. The molecular formula is C20H22BrN3O5S. The van der Waals surface area contributed by atoms with E-state index in [4.69, 9.17) is 4.74 Å². The predicted octanol–water partition coefficient (Wildman–Crippen LogP) is 1.54. The SMILES string of the molecule is Cc1ccc(CNC(=O)C(=O)NC[C@@H]2OCCN2S(=O)(=O)c2ccc(Br)cc2)cc1. The van der Waals surface area contributed by atoms with E-state index in [9.17, 15) is 18.0 Å². The lowest BCUT2D eigenvalue weighted by Gasteiger charge is -2.22. The van der Waals surface area contributed by atoms with Crippen molar-refractivity contribution in [3.63, 3.8) is 0 Å². The summed E-state index contributed by atoms with van der Waals surface area (Å²) in [4.78, 5) is 24.2. The van der Waals surface area contributed by atoms with Crippen LogP contribution in [0, 0.1) is 6.92 Å². The Hall–Kier alpha value is -2.27. The standard InChI is InChI=1S/C20H22BrN3O5S/c1-14-2-4-15(5-3-14)12-22-19(25)20(26)23-13-18-24(10-11-29-18)30(27,28)17-8-6-16(21)7-9-17/h2-9,18H,10-13H2,1H3,(H,22,25)(H,23,26)/t18-/m0/s1. The van der Waals surface area contributed by atoms with Gasteiger partial charge >= 0.3 is 11.8 Å². The summed E-state index contributed by atoms with van der Waals surface area (Å²) in [7, 11) is -3.79. The molecule has 1 fully saturated rings. The number of halogens is 1. The van der Waals surface area contributed by atoms with Crippen LogP contribution in [0.2, 0.25) is 0 Å². The smallest absolute Gasteiger partial charge is 0.309 e. The molecule has 2 aromatic rings. The van der Waals surface area contributed by atoms with E-state index in [0.29, 0.717) is 0 Å². The van der Waals surface area contributed by atoms with Crippen molar-refractivity contribution < 1.29 is 22.7 Å². The molecule has 3 rings (SSSR count).